The largest absolute Gasteiger partial charge is 0.481 e. The first-order valence-electron chi connectivity index (χ1n) is 15.9. The van der Waals surface area contributed by atoms with E-state index in [2.05, 4.69) is 48.1 Å². The molecule has 0 aliphatic carbocycles. The van der Waals surface area contributed by atoms with E-state index in [4.69, 9.17) is 10.5 Å². The zero-order chi connectivity index (χ0) is 32.7. The van der Waals surface area contributed by atoms with Gasteiger partial charge in [-0.25, -0.2) is 0 Å². The number of carboxylic acid groups (broad SMARTS) is 1. The lowest BCUT2D eigenvalue weighted by Crippen LogP contribution is -2.43. The highest BCUT2D eigenvalue weighted by atomic mass is 16.5. The first kappa shape index (κ1) is 32.6. The van der Waals surface area contributed by atoms with Crippen molar-refractivity contribution in [1.82, 2.24) is 9.97 Å². The first-order valence-corrected chi connectivity index (χ1v) is 15.9. The lowest BCUT2D eigenvalue weighted by molar-refractivity contribution is -0.153. The standard InChI is InChI=1S/C39H43N3O4/c1-26-18-27(2)20-31(19-26)36-23-32-22-33(13-14-35(32)42-36)39(3,38(44)45)34(15-16-40)21-30(12-11-28-10-7-17-41-24-28)37(43)46-25-29-8-5-4-6-9-29/h4-10,13-14,17-20,22-24,30,34,42H,11-12,15-16,21,25,40H2,1-3H3,(H,44,45). The zero-order valence-corrected chi connectivity index (χ0v) is 26.8. The van der Waals surface area contributed by atoms with Crippen molar-refractivity contribution in [1.29, 1.82) is 0 Å². The molecule has 5 rings (SSSR count). The second-order valence-corrected chi connectivity index (χ2v) is 12.6. The van der Waals surface area contributed by atoms with Crippen molar-refractivity contribution >= 4 is 22.8 Å². The van der Waals surface area contributed by atoms with Crippen LogP contribution in [0.1, 0.15) is 54.0 Å². The molecule has 238 valence electrons. The Labute approximate surface area is 270 Å². The molecule has 2 heterocycles. The van der Waals surface area contributed by atoms with E-state index < -0.39 is 23.2 Å². The average Bonchev–Trinajstić information content (AvgIpc) is 3.49. The molecule has 3 atom stereocenters. The van der Waals surface area contributed by atoms with Gasteiger partial charge in [-0.2, -0.15) is 0 Å². The van der Waals surface area contributed by atoms with Gasteiger partial charge in [0.2, 0.25) is 0 Å². The lowest BCUT2D eigenvalue weighted by Gasteiger charge is -2.36. The van der Waals surface area contributed by atoms with Gasteiger partial charge in [0.25, 0.3) is 0 Å². The third-order valence-corrected chi connectivity index (χ3v) is 9.16. The van der Waals surface area contributed by atoms with Crippen molar-refractivity contribution in [2.75, 3.05) is 6.54 Å². The minimum absolute atomic E-state index is 0.160. The fourth-order valence-corrected chi connectivity index (χ4v) is 6.53. The first-order chi connectivity index (χ1) is 22.2. The minimum atomic E-state index is -1.29. The topological polar surface area (TPSA) is 118 Å². The van der Waals surface area contributed by atoms with E-state index in [1.807, 2.05) is 60.7 Å². The summed E-state index contributed by atoms with van der Waals surface area (Å²) in [6.45, 7) is 6.38. The number of aryl methyl sites for hydroxylation is 3. The number of esters is 1. The van der Waals surface area contributed by atoms with Gasteiger partial charge in [-0.15, -0.1) is 0 Å². The second kappa shape index (κ2) is 14.6. The molecule has 0 aliphatic heterocycles. The Morgan fingerprint density at radius 1 is 0.935 bits per heavy atom. The quantitative estimate of drug-likeness (QED) is 0.111. The molecule has 46 heavy (non-hydrogen) atoms. The van der Waals surface area contributed by atoms with Crippen LogP contribution in [0.15, 0.2) is 97.3 Å². The van der Waals surface area contributed by atoms with E-state index in [0.717, 1.165) is 33.3 Å². The number of rotatable bonds is 14. The summed E-state index contributed by atoms with van der Waals surface area (Å²) in [7, 11) is 0. The Morgan fingerprint density at radius 3 is 2.35 bits per heavy atom. The number of carbonyl (C=O) groups excluding carboxylic acids is 1. The summed E-state index contributed by atoms with van der Waals surface area (Å²) < 4.78 is 5.82. The molecule has 2 aromatic heterocycles. The molecule has 7 heteroatoms. The molecule has 0 aliphatic rings. The van der Waals surface area contributed by atoms with Crippen molar-refractivity contribution < 1.29 is 19.4 Å². The Kier molecular flexibility index (Phi) is 10.3. The highest BCUT2D eigenvalue weighted by Crippen LogP contribution is 2.41. The van der Waals surface area contributed by atoms with E-state index in [-0.39, 0.29) is 12.6 Å². The van der Waals surface area contributed by atoms with Gasteiger partial charge in [-0.1, -0.05) is 59.7 Å². The third-order valence-electron chi connectivity index (χ3n) is 9.16. The van der Waals surface area contributed by atoms with Gasteiger partial charge in [-0.05, 0) is 118 Å². The molecule has 0 bridgehead atoms. The second-order valence-electron chi connectivity index (χ2n) is 12.6. The van der Waals surface area contributed by atoms with Gasteiger partial charge in [0, 0.05) is 29.0 Å². The molecule has 7 nitrogen and oxygen atoms in total. The Balaban J connectivity index is 1.46. The van der Waals surface area contributed by atoms with Gasteiger partial charge in [-0.3, -0.25) is 14.6 Å². The number of pyridine rings is 1. The van der Waals surface area contributed by atoms with Crippen molar-refractivity contribution in [3.63, 3.8) is 0 Å². The SMILES string of the molecule is Cc1cc(C)cc(-c2cc3cc(C(C)(C(=O)O)C(CCN)CC(CCc4cccnc4)C(=O)OCc4ccccc4)ccc3[nH]2)c1. The zero-order valence-electron chi connectivity index (χ0n) is 26.8. The molecule has 5 aromatic rings. The number of carboxylic acids is 1. The number of aliphatic carboxylic acids is 1. The fourth-order valence-electron chi connectivity index (χ4n) is 6.53. The van der Waals surface area contributed by atoms with Crippen LogP contribution >= 0.6 is 0 Å². The maximum Gasteiger partial charge on any atom is 0.314 e. The van der Waals surface area contributed by atoms with Gasteiger partial charge < -0.3 is 20.6 Å². The smallest absolute Gasteiger partial charge is 0.314 e. The summed E-state index contributed by atoms with van der Waals surface area (Å²) >= 11 is 0. The van der Waals surface area contributed by atoms with Crippen LogP contribution in [0.4, 0.5) is 0 Å². The van der Waals surface area contributed by atoms with Crippen LogP contribution in [0.2, 0.25) is 0 Å². The summed E-state index contributed by atoms with van der Waals surface area (Å²) in [5.41, 5.74) is 12.8. The number of benzene rings is 3. The van der Waals surface area contributed by atoms with E-state index in [0.29, 0.717) is 37.8 Å². The van der Waals surface area contributed by atoms with Crippen LogP contribution in [0.25, 0.3) is 22.2 Å². The van der Waals surface area contributed by atoms with Crippen LogP contribution in [-0.4, -0.2) is 33.6 Å². The maximum atomic E-state index is 13.7. The number of H-pyrrole nitrogens is 1. The number of nitrogens with one attached hydrogen (secondary N) is 1. The summed E-state index contributed by atoms with van der Waals surface area (Å²) in [6.07, 6.45) is 5.41. The maximum absolute atomic E-state index is 13.7. The highest BCUT2D eigenvalue weighted by molar-refractivity contribution is 5.89. The van der Waals surface area contributed by atoms with E-state index in [1.165, 1.54) is 11.1 Å². The van der Waals surface area contributed by atoms with Crippen molar-refractivity contribution in [2.24, 2.45) is 17.6 Å². The van der Waals surface area contributed by atoms with Crippen LogP contribution in [0.3, 0.4) is 0 Å². The molecule has 4 N–H and O–H groups in total. The van der Waals surface area contributed by atoms with Crippen molar-refractivity contribution in [3.8, 4) is 11.3 Å². The Bertz CT molecular complexity index is 1760. The number of nitrogens with two attached hydrogens (primary N) is 1. The molecular weight excluding hydrogens is 574 g/mol. The van der Waals surface area contributed by atoms with Crippen LogP contribution in [-0.2, 0) is 32.8 Å². The highest BCUT2D eigenvalue weighted by Gasteiger charge is 2.44. The summed E-state index contributed by atoms with van der Waals surface area (Å²) in [6, 6.07) is 27.7. The summed E-state index contributed by atoms with van der Waals surface area (Å²) in [4.78, 5) is 34.6. The fraction of sp³-hybridized carbons (Fsp3) is 0.308. The lowest BCUT2D eigenvalue weighted by atomic mass is 9.66. The number of aromatic amines is 1. The van der Waals surface area contributed by atoms with Gasteiger partial charge >= 0.3 is 11.9 Å². The molecule has 0 saturated heterocycles. The van der Waals surface area contributed by atoms with Gasteiger partial charge in [0.1, 0.15) is 6.61 Å². The molecule has 0 saturated carbocycles. The van der Waals surface area contributed by atoms with Crippen LogP contribution in [0.5, 0.6) is 0 Å². The molecule has 0 amide bonds. The molecule has 0 fully saturated rings. The van der Waals surface area contributed by atoms with Crippen LogP contribution < -0.4 is 5.73 Å². The third kappa shape index (κ3) is 7.54. The number of aromatic nitrogens is 2. The number of hydrogen-bond acceptors (Lipinski definition) is 5. The van der Waals surface area contributed by atoms with Gasteiger partial charge in [0.05, 0.1) is 11.3 Å². The number of hydrogen-bond donors (Lipinski definition) is 3. The molecular formula is C39H43N3O4. The number of nitrogens with zero attached hydrogens (tertiary/aromatic N) is 1. The van der Waals surface area contributed by atoms with Crippen LogP contribution in [0, 0.1) is 25.7 Å². The Morgan fingerprint density at radius 2 is 1.67 bits per heavy atom. The predicted molar refractivity (Wildman–Crippen MR) is 182 cm³/mol. The molecule has 3 aromatic carbocycles. The number of ether oxygens (including phenoxy) is 1. The van der Waals surface area contributed by atoms with Crippen molar-refractivity contribution in [2.45, 2.75) is 58.5 Å². The van der Waals surface area contributed by atoms with Gasteiger partial charge in [0.15, 0.2) is 0 Å². The summed E-state index contributed by atoms with van der Waals surface area (Å²) in [5, 5.41) is 11.8. The van der Waals surface area contributed by atoms with E-state index in [1.54, 1.807) is 19.3 Å². The number of carbonyl (C=O) groups is 2. The normalized spacial score (nSPS) is 14.0. The summed E-state index contributed by atoms with van der Waals surface area (Å²) in [5.74, 6) is -2.22. The van der Waals surface area contributed by atoms with Crippen molar-refractivity contribution in [3.05, 3.63) is 125 Å². The average molecular weight is 618 g/mol. The van der Waals surface area contributed by atoms with E-state index in [9.17, 15) is 14.7 Å². The Hall–Kier alpha value is -4.75. The van der Waals surface area contributed by atoms with E-state index >= 15 is 0 Å². The number of fused-ring (bicyclic) bond motifs is 1. The monoisotopic (exact) mass is 617 g/mol. The minimum Gasteiger partial charge on any atom is -0.481 e. The molecule has 0 spiro atoms. The predicted octanol–water partition coefficient (Wildman–Crippen LogP) is 7.54. The molecule has 3 unspecified atom stereocenters. The molecule has 0 radical (unpaired) electrons.